The summed E-state index contributed by atoms with van der Waals surface area (Å²) in [7, 11) is 0. The molecule has 0 saturated carbocycles. The number of nitrogens with two attached hydrogens (primary N) is 4. The van der Waals surface area contributed by atoms with Crippen LogP contribution in [0.4, 0.5) is 22.7 Å². The van der Waals surface area contributed by atoms with Crippen molar-refractivity contribution in [3.8, 4) is 0 Å². The summed E-state index contributed by atoms with van der Waals surface area (Å²) >= 11 is 0. The summed E-state index contributed by atoms with van der Waals surface area (Å²) in [5.74, 6) is 0. The Morgan fingerprint density at radius 1 is 0.250 bits per heavy atom. The number of hydrogen-bond acceptors (Lipinski definition) is 4. The van der Waals surface area contributed by atoms with E-state index in [2.05, 4.69) is 91.0 Å². The van der Waals surface area contributed by atoms with E-state index in [1.54, 1.807) is 0 Å². The number of anilines is 4. The third-order valence-electron chi connectivity index (χ3n) is 7.57. The van der Waals surface area contributed by atoms with Crippen LogP contribution in [0.5, 0.6) is 0 Å². The fourth-order valence-corrected chi connectivity index (χ4v) is 5.10. The van der Waals surface area contributed by atoms with Gasteiger partial charge in [-0.15, -0.1) is 0 Å². The standard InChI is InChI=1S/2C20H20N2/c21-19-9-5-17(6-10-19)13-15-1-2-16(4-3-15)14-18-7-11-20(22)12-8-18;21-19-10-8-17(9-11-19)12-15-4-6-16(7-5-15)13-18-2-1-3-20(22)14-18/h1-12H,13-14,21-22H2;1-11,14H,12-13,21-22H2. The molecule has 220 valence electrons. The molecule has 0 aliphatic heterocycles. The van der Waals surface area contributed by atoms with E-state index in [1.165, 1.54) is 44.5 Å². The summed E-state index contributed by atoms with van der Waals surface area (Å²) in [6.45, 7) is 0. The van der Waals surface area contributed by atoms with E-state index in [1.807, 2.05) is 54.6 Å². The Hall–Kier alpha value is -5.48. The lowest BCUT2D eigenvalue weighted by Crippen LogP contribution is -1.93. The quantitative estimate of drug-likeness (QED) is 0.138. The van der Waals surface area contributed by atoms with Gasteiger partial charge in [-0.3, -0.25) is 0 Å². The van der Waals surface area contributed by atoms with Gasteiger partial charge in [0.2, 0.25) is 0 Å². The predicted molar refractivity (Wildman–Crippen MR) is 188 cm³/mol. The first-order valence-electron chi connectivity index (χ1n) is 14.9. The second kappa shape index (κ2) is 14.6. The molecule has 6 aromatic carbocycles. The minimum atomic E-state index is 0.807. The van der Waals surface area contributed by atoms with Crippen molar-refractivity contribution >= 4 is 22.7 Å². The topological polar surface area (TPSA) is 104 Å². The van der Waals surface area contributed by atoms with Gasteiger partial charge in [0.1, 0.15) is 0 Å². The lowest BCUT2D eigenvalue weighted by molar-refractivity contribution is 1.15. The van der Waals surface area contributed by atoms with Gasteiger partial charge in [0.05, 0.1) is 0 Å². The fraction of sp³-hybridized carbons (Fsp3) is 0.100. The Morgan fingerprint density at radius 2 is 0.500 bits per heavy atom. The van der Waals surface area contributed by atoms with Crippen LogP contribution in [-0.2, 0) is 25.7 Å². The maximum atomic E-state index is 5.82. The Balaban J connectivity index is 0.000000175. The maximum absolute atomic E-state index is 5.82. The molecule has 0 aliphatic rings. The first kappa shape index (κ1) is 30.0. The van der Waals surface area contributed by atoms with Crippen molar-refractivity contribution < 1.29 is 0 Å². The third kappa shape index (κ3) is 9.27. The average Bonchev–Trinajstić information content (AvgIpc) is 3.03. The molecule has 0 radical (unpaired) electrons. The Labute approximate surface area is 261 Å². The zero-order chi connectivity index (χ0) is 30.7. The summed E-state index contributed by atoms with van der Waals surface area (Å²) in [4.78, 5) is 0. The van der Waals surface area contributed by atoms with E-state index in [-0.39, 0.29) is 0 Å². The van der Waals surface area contributed by atoms with E-state index < -0.39 is 0 Å². The Kier molecular flexibility index (Phi) is 9.96. The molecule has 6 aromatic rings. The van der Waals surface area contributed by atoms with Crippen LogP contribution in [0.2, 0.25) is 0 Å². The minimum Gasteiger partial charge on any atom is -0.399 e. The van der Waals surface area contributed by atoms with Gasteiger partial charge >= 0.3 is 0 Å². The zero-order valence-corrected chi connectivity index (χ0v) is 25.0. The summed E-state index contributed by atoms with van der Waals surface area (Å²) in [6.07, 6.45) is 3.71. The molecule has 0 aliphatic carbocycles. The molecular formula is C40H40N4. The first-order chi connectivity index (χ1) is 21.4. The van der Waals surface area contributed by atoms with Crippen LogP contribution in [0.3, 0.4) is 0 Å². The largest absolute Gasteiger partial charge is 0.399 e. The summed E-state index contributed by atoms with van der Waals surface area (Å²) in [6, 6.07) is 49.8. The molecule has 0 heterocycles. The van der Waals surface area contributed by atoms with Gasteiger partial charge < -0.3 is 22.9 Å². The van der Waals surface area contributed by atoms with Crippen molar-refractivity contribution in [2.75, 3.05) is 22.9 Å². The van der Waals surface area contributed by atoms with Crippen LogP contribution < -0.4 is 22.9 Å². The van der Waals surface area contributed by atoms with Crippen LogP contribution >= 0.6 is 0 Å². The van der Waals surface area contributed by atoms with Crippen molar-refractivity contribution in [3.63, 3.8) is 0 Å². The SMILES string of the molecule is Nc1ccc(Cc2ccc(Cc3ccc(N)cc3)cc2)cc1.Nc1ccc(Cc2ccc(Cc3cccc(N)c3)cc2)cc1. The van der Waals surface area contributed by atoms with Gasteiger partial charge in [-0.1, -0.05) is 97.1 Å². The second-order valence-electron chi connectivity index (χ2n) is 11.3. The average molecular weight is 577 g/mol. The smallest absolute Gasteiger partial charge is 0.0316 e. The van der Waals surface area contributed by atoms with Gasteiger partial charge in [0, 0.05) is 22.7 Å². The van der Waals surface area contributed by atoms with Crippen molar-refractivity contribution in [3.05, 3.63) is 190 Å². The van der Waals surface area contributed by atoms with E-state index in [4.69, 9.17) is 22.9 Å². The molecule has 4 heteroatoms. The van der Waals surface area contributed by atoms with Crippen LogP contribution in [0, 0.1) is 0 Å². The first-order valence-corrected chi connectivity index (χ1v) is 14.9. The van der Waals surface area contributed by atoms with Gasteiger partial charge in [0.15, 0.2) is 0 Å². The number of hydrogen-bond donors (Lipinski definition) is 4. The van der Waals surface area contributed by atoms with Crippen molar-refractivity contribution in [1.82, 2.24) is 0 Å². The monoisotopic (exact) mass is 576 g/mol. The molecule has 0 unspecified atom stereocenters. The van der Waals surface area contributed by atoms with Crippen molar-refractivity contribution in [1.29, 1.82) is 0 Å². The zero-order valence-electron chi connectivity index (χ0n) is 25.0. The van der Waals surface area contributed by atoms with Gasteiger partial charge in [-0.25, -0.2) is 0 Å². The molecule has 0 atom stereocenters. The fourth-order valence-electron chi connectivity index (χ4n) is 5.10. The third-order valence-corrected chi connectivity index (χ3v) is 7.57. The highest BCUT2D eigenvalue weighted by atomic mass is 14.5. The number of benzene rings is 6. The van der Waals surface area contributed by atoms with Crippen molar-refractivity contribution in [2.45, 2.75) is 25.7 Å². The highest BCUT2D eigenvalue weighted by Gasteiger charge is 2.01. The molecule has 6 rings (SSSR count). The van der Waals surface area contributed by atoms with Crippen LogP contribution in [0.15, 0.2) is 146 Å². The molecule has 44 heavy (non-hydrogen) atoms. The Bertz CT molecular complexity index is 1670. The van der Waals surface area contributed by atoms with E-state index >= 15 is 0 Å². The van der Waals surface area contributed by atoms with E-state index in [0.29, 0.717) is 0 Å². The van der Waals surface area contributed by atoms with Crippen LogP contribution in [0.1, 0.15) is 44.5 Å². The lowest BCUT2D eigenvalue weighted by atomic mass is 10.00. The van der Waals surface area contributed by atoms with Gasteiger partial charge in [-0.2, -0.15) is 0 Å². The van der Waals surface area contributed by atoms with E-state index in [0.717, 1.165) is 48.4 Å². The lowest BCUT2D eigenvalue weighted by Gasteiger charge is -2.06. The summed E-state index contributed by atoms with van der Waals surface area (Å²) < 4.78 is 0. The molecular weight excluding hydrogens is 536 g/mol. The Morgan fingerprint density at radius 3 is 0.773 bits per heavy atom. The predicted octanol–water partition coefficient (Wildman–Crippen LogP) is 8.07. The van der Waals surface area contributed by atoms with Gasteiger partial charge in [0.25, 0.3) is 0 Å². The van der Waals surface area contributed by atoms with Crippen molar-refractivity contribution in [2.24, 2.45) is 0 Å². The highest BCUT2D eigenvalue weighted by molar-refractivity contribution is 5.44. The van der Waals surface area contributed by atoms with E-state index in [9.17, 15) is 0 Å². The second-order valence-corrected chi connectivity index (χ2v) is 11.3. The normalized spacial score (nSPS) is 10.5. The molecule has 8 N–H and O–H groups in total. The summed E-state index contributed by atoms with van der Waals surface area (Å²) in [5, 5.41) is 0. The molecule has 0 amide bonds. The van der Waals surface area contributed by atoms with Crippen LogP contribution in [-0.4, -0.2) is 0 Å². The summed E-state index contributed by atoms with van der Waals surface area (Å²) in [5.41, 5.74) is 36.5. The minimum absolute atomic E-state index is 0.807. The molecule has 0 fully saturated rings. The molecule has 0 bridgehead atoms. The number of rotatable bonds is 8. The molecule has 4 nitrogen and oxygen atoms in total. The highest BCUT2D eigenvalue weighted by Crippen LogP contribution is 2.17. The molecule has 0 saturated heterocycles. The molecule has 0 spiro atoms. The molecule has 0 aromatic heterocycles. The maximum Gasteiger partial charge on any atom is 0.0316 e. The van der Waals surface area contributed by atoms with Crippen LogP contribution in [0.25, 0.3) is 0 Å². The number of nitrogen functional groups attached to an aromatic ring is 4. The van der Waals surface area contributed by atoms with Gasteiger partial charge in [-0.05, 0) is 119 Å².